The van der Waals surface area contributed by atoms with E-state index in [1.807, 2.05) is 30.0 Å². The molecule has 0 aliphatic rings. The van der Waals surface area contributed by atoms with Gasteiger partial charge in [0.1, 0.15) is 0 Å². The predicted octanol–water partition coefficient (Wildman–Crippen LogP) is 3.64. The maximum absolute atomic E-state index is 5.73. The lowest BCUT2D eigenvalue weighted by Gasteiger charge is -2.05. The minimum Gasteiger partial charge on any atom is -0.399 e. The highest BCUT2D eigenvalue weighted by Crippen LogP contribution is 2.25. The SMILES string of the molecule is C=CCCCSc1cc(N)ccc1C. The number of unbranched alkanes of at least 4 members (excludes halogenated alkanes) is 1. The Morgan fingerprint density at radius 3 is 3.00 bits per heavy atom. The minimum absolute atomic E-state index is 0.849. The van der Waals surface area contributed by atoms with Gasteiger partial charge < -0.3 is 5.73 Å². The molecule has 0 unspecified atom stereocenters. The van der Waals surface area contributed by atoms with E-state index in [0.29, 0.717) is 0 Å². The van der Waals surface area contributed by atoms with E-state index >= 15 is 0 Å². The van der Waals surface area contributed by atoms with Crippen LogP contribution in [0.3, 0.4) is 0 Å². The molecule has 0 aliphatic heterocycles. The second kappa shape index (κ2) is 5.76. The lowest BCUT2D eigenvalue weighted by atomic mass is 10.2. The van der Waals surface area contributed by atoms with Gasteiger partial charge >= 0.3 is 0 Å². The van der Waals surface area contributed by atoms with Gasteiger partial charge in [0.25, 0.3) is 0 Å². The van der Waals surface area contributed by atoms with E-state index in [0.717, 1.165) is 17.9 Å². The molecule has 0 saturated carbocycles. The first-order valence-electron chi connectivity index (χ1n) is 4.84. The third-order valence-electron chi connectivity index (χ3n) is 2.02. The summed E-state index contributed by atoms with van der Waals surface area (Å²) in [7, 11) is 0. The Kier molecular flexibility index (Phi) is 4.60. The third kappa shape index (κ3) is 3.46. The van der Waals surface area contributed by atoms with Gasteiger partial charge in [0, 0.05) is 10.6 Å². The number of benzene rings is 1. The average Bonchev–Trinajstić information content (AvgIpc) is 2.18. The zero-order valence-electron chi connectivity index (χ0n) is 8.62. The van der Waals surface area contributed by atoms with Crippen LogP contribution in [0.1, 0.15) is 18.4 Å². The summed E-state index contributed by atoms with van der Waals surface area (Å²) in [5.41, 5.74) is 7.89. The summed E-state index contributed by atoms with van der Waals surface area (Å²) in [5, 5.41) is 0. The molecule has 0 amide bonds. The van der Waals surface area contributed by atoms with Crippen LogP contribution in [0.2, 0.25) is 0 Å². The summed E-state index contributed by atoms with van der Waals surface area (Å²) in [4.78, 5) is 1.30. The quantitative estimate of drug-likeness (QED) is 0.345. The van der Waals surface area contributed by atoms with Crippen LogP contribution in [0.4, 0.5) is 5.69 Å². The number of hydrogen-bond donors (Lipinski definition) is 1. The Morgan fingerprint density at radius 1 is 1.50 bits per heavy atom. The number of thioether (sulfide) groups is 1. The second-order valence-corrected chi connectivity index (χ2v) is 4.44. The topological polar surface area (TPSA) is 26.0 Å². The summed E-state index contributed by atoms with van der Waals surface area (Å²) >= 11 is 1.87. The fraction of sp³-hybridized carbons (Fsp3) is 0.333. The van der Waals surface area contributed by atoms with Gasteiger partial charge in [-0.1, -0.05) is 12.1 Å². The first-order chi connectivity index (χ1) is 6.74. The summed E-state index contributed by atoms with van der Waals surface area (Å²) in [6.45, 7) is 5.83. The molecule has 0 heterocycles. The molecule has 0 radical (unpaired) electrons. The van der Waals surface area contributed by atoms with E-state index in [1.165, 1.54) is 16.9 Å². The number of anilines is 1. The molecular formula is C12H17NS. The Morgan fingerprint density at radius 2 is 2.29 bits per heavy atom. The lowest BCUT2D eigenvalue weighted by Crippen LogP contribution is -1.88. The van der Waals surface area contributed by atoms with Gasteiger partial charge in [-0.3, -0.25) is 0 Å². The monoisotopic (exact) mass is 207 g/mol. The molecule has 1 aromatic carbocycles. The van der Waals surface area contributed by atoms with E-state index in [4.69, 9.17) is 5.73 Å². The van der Waals surface area contributed by atoms with Crippen LogP contribution in [0.25, 0.3) is 0 Å². The highest BCUT2D eigenvalue weighted by Gasteiger charge is 1.98. The van der Waals surface area contributed by atoms with Gasteiger partial charge in [-0.25, -0.2) is 0 Å². The van der Waals surface area contributed by atoms with Crippen molar-refractivity contribution < 1.29 is 0 Å². The van der Waals surface area contributed by atoms with Crippen molar-refractivity contribution in [2.24, 2.45) is 0 Å². The minimum atomic E-state index is 0.849. The van der Waals surface area contributed by atoms with Crippen molar-refractivity contribution >= 4 is 17.4 Å². The third-order valence-corrected chi connectivity index (χ3v) is 3.27. The molecule has 0 aromatic heterocycles. The maximum Gasteiger partial charge on any atom is 0.0325 e. The number of nitrogen functional groups attached to an aromatic ring is 1. The molecule has 76 valence electrons. The molecule has 0 atom stereocenters. The standard InChI is InChI=1S/C12H17NS/c1-3-4-5-8-14-12-9-11(13)7-6-10(12)2/h3,6-7,9H,1,4-5,8,13H2,2H3. The number of rotatable bonds is 5. The van der Waals surface area contributed by atoms with E-state index in [-0.39, 0.29) is 0 Å². The van der Waals surface area contributed by atoms with Crippen molar-refractivity contribution in [3.05, 3.63) is 36.4 Å². The molecule has 0 saturated heterocycles. The molecule has 1 nitrogen and oxygen atoms in total. The molecular weight excluding hydrogens is 190 g/mol. The van der Waals surface area contributed by atoms with Crippen LogP contribution in [-0.4, -0.2) is 5.75 Å². The molecule has 1 aromatic rings. The molecule has 0 spiro atoms. The second-order valence-electron chi connectivity index (χ2n) is 3.30. The smallest absolute Gasteiger partial charge is 0.0325 e. The van der Waals surface area contributed by atoms with Crippen LogP contribution < -0.4 is 5.73 Å². The Balaban J connectivity index is 2.49. The Hall–Kier alpha value is -0.890. The number of allylic oxidation sites excluding steroid dienone is 1. The van der Waals surface area contributed by atoms with E-state index < -0.39 is 0 Å². The highest BCUT2D eigenvalue weighted by molar-refractivity contribution is 7.99. The van der Waals surface area contributed by atoms with Gasteiger partial charge in [0.05, 0.1) is 0 Å². The average molecular weight is 207 g/mol. The molecule has 2 N–H and O–H groups in total. The maximum atomic E-state index is 5.73. The Bertz CT molecular complexity index is 307. The highest BCUT2D eigenvalue weighted by atomic mass is 32.2. The largest absolute Gasteiger partial charge is 0.399 e. The van der Waals surface area contributed by atoms with Crippen molar-refractivity contribution in [2.75, 3.05) is 11.5 Å². The van der Waals surface area contributed by atoms with Gasteiger partial charge in [0.15, 0.2) is 0 Å². The van der Waals surface area contributed by atoms with Crippen LogP contribution in [0.15, 0.2) is 35.7 Å². The number of hydrogen-bond acceptors (Lipinski definition) is 2. The molecule has 1 rings (SSSR count). The zero-order chi connectivity index (χ0) is 10.4. The van der Waals surface area contributed by atoms with Crippen molar-refractivity contribution in [2.45, 2.75) is 24.7 Å². The van der Waals surface area contributed by atoms with Crippen molar-refractivity contribution in [1.82, 2.24) is 0 Å². The lowest BCUT2D eigenvalue weighted by molar-refractivity contribution is 0.973. The Labute approximate surface area is 90.4 Å². The van der Waals surface area contributed by atoms with E-state index in [9.17, 15) is 0 Å². The van der Waals surface area contributed by atoms with Gasteiger partial charge in [0.2, 0.25) is 0 Å². The van der Waals surface area contributed by atoms with E-state index in [2.05, 4.69) is 19.6 Å². The first-order valence-corrected chi connectivity index (χ1v) is 5.82. The summed E-state index contributed by atoms with van der Waals surface area (Å²) in [6, 6.07) is 6.07. The summed E-state index contributed by atoms with van der Waals surface area (Å²) in [5.74, 6) is 1.14. The molecule has 0 aliphatic carbocycles. The number of nitrogens with two attached hydrogens (primary N) is 1. The summed E-state index contributed by atoms with van der Waals surface area (Å²) < 4.78 is 0. The predicted molar refractivity (Wildman–Crippen MR) is 65.7 cm³/mol. The van der Waals surface area contributed by atoms with Crippen LogP contribution in [0.5, 0.6) is 0 Å². The van der Waals surface area contributed by atoms with Crippen LogP contribution in [0, 0.1) is 6.92 Å². The normalized spacial score (nSPS) is 10.1. The van der Waals surface area contributed by atoms with Crippen LogP contribution in [-0.2, 0) is 0 Å². The van der Waals surface area contributed by atoms with Crippen molar-refractivity contribution in [3.63, 3.8) is 0 Å². The zero-order valence-corrected chi connectivity index (χ0v) is 9.44. The fourth-order valence-electron chi connectivity index (χ4n) is 1.18. The van der Waals surface area contributed by atoms with E-state index in [1.54, 1.807) is 0 Å². The van der Waals surface area contributed by atoms with Crippen molar-refractivity contribution in [3.8, 4) is 0 Å². The molecule has 0 fully saturated rings. The first kappa shape index (κ1) is 11.2. The summed E-state index contributed by atoms with van der Waals surface area (Å²) in [6.07, 6.45) is 4.24. The van der Waals surface area contributed by atoms with Gasteiger partial charge in [-0.05, 0) is 43.2 Å². The molecule has 14 heavy (non-hydrogen) atoms. The molecule has 0 bridgehead atoms. The van der Waals surface area contributed by atoms with Crippen molar-refractivity contribution in [1.29, 1.82) is 0 Å². The van der Waals surface area contributed by atoms with Gasteiger partial charge in [-0.15, -0.1) is 18.3 Å². The molecule has 2 heteroatoms. The van der Waals surface area contributed by atoms with Gasteiger partial charge in [-0.2, -0.15) is 0 Å². The fourth-order valence-corrected chi connectivity index (χ4v) is 2.23. The number of aryl methyl sites for hydroxylation is 1. The van der Waals surface area contributed by atoms with Crippen LogP contribution >= 0.6 is 11.8 Å².